The summed E-state index contributed by atoms with van der Waals surface area (Å²) in [6.07, 6.45) is 0.417. The number of benzene rings is 2. The van der Waals surface area contributed by atoms with Gasteiger partial charge >= 0.3 is 0 Å². The number of hydrogen-bond acceptors (Lipinski definition) is 3. The average molecular weight is 416 g/mol. The van der Waals surface area contributed by atoms with Crippen LogP contribution in [0.4, 0.5) is 13.2 Å². The molecule has 0 radical (unpaired) electrons. The molecule has 1 fully saturated rings. The van der Waals surface area contributed by atoms with Crippen LogP contribution >= 0.6 is 0 Å². The Morgan fingerprint density at radius 2 is 1.33 bits per heavy atom. The van der Waals surface area contributed by atoms with Crippen LogP contribution in [0.5, 0.6) is 0 Å². The number of halogens is 3. The van der Waals surface area contributed by atoms with Crippen LogP contribution in [-0.4, -0.2) is 17.3 Å². The lowest BCUT2D eigenvalue weighted by molar-refractivity contribution is -0.157. The van der Waals surface area contributed by atoms with Gasteiger partial charge in [0.1, 0.15) is 11.7 Å². The summed E-state index contributed by atoms with van der Waals surface area (Å²) in [6.45, 7) is 7.90. The SMILES string of the molecule is CCc1cc(-c2cc(F)c(F)cc2F)ccc1C1C(=O)C(C)(C)C(=O)C(C)(C)C1=O. The topological polar surface area (TPSA) is 51.2 Å². The molecule has 2 aromatic carbocycles. The van der Waals surface area contributed by atoms with Crippen molar-refractivity contribution in [1.82, 2.24) is 0 Å². The first kappa shape index (κ1) is 21.9. The summed E-state index contributed by atoms with van der Waals surface area (Å²) in [7, 11) is 0. The number of ketones is 3. The fourth-order valence-electron chi connectivity index (χ4n) is 4.23. The molecule has 0 aromatic heterocycles. The van der Waals surface area contributed by atoms with Gasteiger partial charge in [0.05, 0.1) is 10.8 Å². The Morgan fingerprint density at radius 3 is 1.87 bits per heavy atom. The van der Waals surface area contributed by atoms with E-state index in [1.54, 1.807) is 6.07 Å². The molecule has 6 heteroatoms. The minimum absolute atomic E-state index is 0.118. The lowest BCUT2D eigenvalue weighted by atomic mass is 9.57. The van der Waals surface area contributed by atoms with Crippen LogP contribution < -0.4 is 0 Å². The van der Waals surface area contributed by atoms with Gasteiger partial charge in [0, 0.05) is 11.6 Å². The van der Waals surface area contributed by atoms with Gasteiger partial charge in [-0.15, -0.1) is 0 Å². The van der Waals surface area contributed by atoms with Crippen LogP contribution in [0.3, 0.4) is 0 Å². The van der Waals surface area contributed by atoms with Crippen molar-refractivity contribution in [3.05, 3.63) is 58.9 Å². The highest BCUT2D eigenvalue weighted by Gasteiger charge is 2.58. The minimum Gasteiger partial charge on any atom is -0.298 e. The number of aryl methyl sites for hydroxylation is 1. The van der Waals surface area contributed by atoms with Gasteiger partial charge in [-0.2, -0.15) is 0 Å². The van der Waals surface area contributed by atoms with E-state index in [2.05, 4.69) is 0 Å². The Labute approximate surface area is 173 Å². The van der Waals surface area contributed by atoms with E-state index in [0.717, 1.165) is 6.07 Å². The average Bonchev–Trinajstić information content (AvgIpc) is 2.69. The number of hydrogen-bond donors (Lipinski definition) is 0. The van der Waals surface area contributed by atoms with Gasteiger partial charge in [0.25, 0.3) is 0 Å². The summed E-state index contributed by atoms with van der Waals surface area (Å²) < 4.78 is 41.1. The monoisotopic (exact) mass is 416 g/mol. The number of rotatable bonds is 3. The van der Waals surface area contributed by atoms with Crippen molar-refractivity contribution in [1.29, 1.82) is 0 Å². The predicted molar refractivity (Wildman–Crippen MR) is 106 cm³/mol. The summed E-state index contributed by atoms with van der Waals surface area (Å²) in [4.78, 5) is 39.0. The maximum atomic E-state index is 14.2. The molecule has 0 spiro atoms. The van der Waals surface area contributed by atoms with E-state index in [9.17, 15) is 27.6 Å². The Bertz CT molecular complexity index is 1050. The largest absolute Gasteiger partial charge is 0.298 e. The molecule has 158 valence electrons. The third-order valence-corrected chi connectivity index (χ3v) is 6.05. The Kier molecular flexibility index (Phi) is 5.25. The van der Waals surface area contributed by atoms with Crippen LogP contribution in [0.15, 0.2) is 30.3 Å². The molecular weight excluding hydrogens is 393 g/mol. The van der Waals surface area contributed by atoms with Gasteiger partial charge in [-0.25, -0.2) is 13.2 Å². The van der Waals surface area contributed by atoms with Gasteiger partial charge in [-0.1, -0.05) is 25.1 Å². The highest BCUT2D eigenvalue weighted by molar-refractivity contribution is 6.30. The first-order chi connectivity index (χ1) is 13.8. The maximum absolute atomic E-state index is 14.2. The second kappa shape index (κ2) is 7.18. The Hall–Kier alpha value is -2.76. The molecular formula is C24H23F3O3. The van der Waals surface area contributed by atoms with Crippen molar-refractivity contribution in [3.8, 4) is 11.1 Å². The van der Waals surface area contributed by atoms with E-state index in [1.807, 2.05) is 6.92 Å². The molecule has 1 saturated carbocycles. The molecule has 0 aliphatic heterocycles. The molecule has 0 saturated heterocycles. The van der Waals surface area contributed by atoms with E-state index >= 15 is 0 Å². The van der Waals surface area contributed by atoms with E-state index < -0.39 is 51.5 Å². The number of Topliss-reactive ketones (excluding diaryl/α,β-unsaturated/α-hetero) is 3. The molecule has 0 N–H and O–H groups in total. The standard InChI is InChI=1S/C24H23F3O3/c1-6-12-9-13(15-10-17(26)18(27)11-16(15)25)7-8-14(12)19-20(28)23(2,3)22(30)24(4,5)21(19)29/h7-11,19H,6H2,1-5H3. The zero-order chi connectivity index (χ0) is 22.6. The molecule has 1 aliphatic carbocycles. The number of carbonyl (C=O) groups excluding carboxylic acids is 3. The molecule has 0 amide bonds. The summed E-state index contributed by atoms with van der Waals surface area (Å²) >= 11 is 0. The first-order valence-electron chi connectivity index (χ1n) is 9.75. The predicted octanol–water partition coefficient (Wildman–Crippen LogP) is 5.19. The van der Waals surface area contributed by atoms with Crippen LogP contribution in [-0.2, 0) is 20.8 Å². The molecule has 30 heavy (non-hydrogen) atoms. The third kappa shape index (κ3) is 3.18. The zero-order valence-electron chi connectivity index (χ0n) is 17.5. The van der Waals surface area contributed by atoms with Crippen molar-refractivity contribution in [2.45, 2.75) is 47.0 Å². The van der Waals surface area contributed by atoms with Gasteiger partial charge in [0.2, 0.25) is 0 Å². The van der Waals surface area contributed by atoms with Crippen molar-refractivity contribution < 1.29 is 27.6 Å². The summed E-state index contributed by atoms with van der Waals surface area (Å²) in [6, 6.07) is 5.84. The lowest BCUT2D eigenvalue weighted by Gasteiger charge is -2.41. The van der Waals surface area contributed by atoms with Crippen LogP contribution in [0.25, 0.3) is 11.1 Å². The molecule has 0 atom stereocenters. The highest BCUT2D eigenvalue weighted by Crippen LogP contribution is 2.45. The molecule has 3 nitrogen and oxygen atoms in total. The van der Waals surface area contributed by atoms with Crippen molar-refractivity contribution in [2.75, 3.05) is 0 Å². The second-order valence-corrected chi connectivity index (χ2v) is 8.75. The molecule has 3 rings (SSSR count). The molecule has 0 bridgehead atoms. The first-order valence-corrected chi connectivity index (χ1v) is 9.75. The van der Waals surface area contributed by atoms with Crippen LogP contribution in [0, 0.1) is 28.3 Å². The van der Waals surface area contributed by atoms with Crippen molar-refractivity contribution >= 4 is 17.3 Å². The third-order valence-electron chi connectivity index (χ3n) is 6.05. The summed E-state index contributed by atoms with van der Waals surface area (Å²) in [5.74, 6) is -5.85. The van der Waals surface area contributed by atoms with E-state index in [1.165, 1.54) is 39.8 Å². The maximum Gasteiger partial charge on any atom is 0.161 e. The lowest BCUT2D eigenvalue weighted by Crippen LogP contribution is -2.56. The Balaban J connectivity index is 2.16. The zero-order valence-corrected chi connectivity index (χ0v) is 17.5. The molecule has 1 aliphatic rings. The molecule has 2 aromatic rings. The van der Waals surface area contributed by atoms with Crippen molar-refractivity contribution in [2.24, 2.45) is 10.8 Å². The summed E-state index contributed by atoms with van der Waals surface area (Å²) in [5, 5.41) is 0. The smallest absolute Gasteiger partial charge is 0.161 e. The van der Waals surface area contributed by atoms with Gasteiger partial charge in [-0.05, 0) is 56.9 Å². The van der Waals surface area contributed by atoms with Crippen LogP contribution in [0.1, 0.15) is 51.7 Å². The minimum atomic E-state index is -1.32. The normalized spacial score (nSPS) is 18.7. The quantitative estimate of drug-likeness (QED) is 0.511. The van der Waals surface area contributed by atoms with E-state index in [4.69, 9.17) is 0 Å². The fraction of sp³-hybridized carbons (Fsp3) is 0.375. The van der Waals surface area contributed by atoms with Gasteiger partial charge in [0.15, 0.2) is 29.0 Å². The molecule has 0 heterocycles. The second-order valence-electron chi connectivity index (χ2n) is 8.75. The number of carbonyl (C=O) groups is 3. The van der Waals surface area contributed by atoms with E-state index in [0.29, 0.717) is 29.2 Å². The van der Waals surface area contributed by atoms with Crippen LogP contribution in [0.2, 0.25) is 0 Å². The van der Waals surface area contributed by atoms with Gasteiger partial charge in [-0.3, -0.25) is 14.4 Å². The van der Waals surface area contributed by atoms with E-state index in [-0.39, 0.29) is 5.56 Å². The van der Waals surface area contributed by atoms with Gasteiger partial charge < -0.3 is 0 Å². The summed E-state index contributed by atoms with van der Waals surface area (Å²) in [5.41, 5.74) is -1.41. The Morgan fingerprint density at radius 1 is 0.800 bits per heavy atom. The van der Waals surface area contributed by atoms with Crippen molar-refractivity contribution in [3.63, 3.8) is 0 Å². The molecule has 0 unspecified atom stereocenters. The fourth-order valence-corrected chi connectivity index (χ4v) is 4.23. The highest BCUT2D eigenvalue weighted by atomic mass is 19.2.